The Kier molecular flexibility index (Phi) is 7.56. The summed E-state index contributed by atoms with van der Waals surface area (Å²) in [4.78, 5) is 0. The van der Waals surface area contributed by atoms with Crippen LogP contribution in [0.5, 0.6) is 0 Å². The monoisotopic (exact) mass is 612 g/mol. The van der Waals surface area contributed by atoms with Crippen molar-refractivity contribution in [1.29, 1.82) is 0 Å². The normalized spacial score (nSPS) is 10.9. The topological polar surface area (TPSA) is 0 Å². The lowest BCUT2D eigenvalue weighted by molar-refractivity contribution is 1.52. The minimum absolute atomic E-state index is 1.07. The molecular formula is C42H29Br. The number of hydrogen-bond donors (Lipinski definition) is 0. The maximum Gasteiger partial charge on any atom is 0.0181 e. The second-order valence-electron chi connectivity index (χ2n) is 10.7. The number of hydrogen-bond acceptors (Lipinski definition) is 0. The molecule has 43 heavy (non-hydrogen) atoms. The van der Waals surface area contributed by atoms with Crippen molar-refractivity contribution >= 4 is 15.9 Å². The zero-order chi connectivity index (χ0) is 29.0. The van der Waals surface area contributed by atoms with Gasteiger partial charge in [0.15, 0.2) is 0 Å². The average molecular weight is 614 g/mol. The van der Waals surface area contributed by atoms with Crippen molar-refractivity contribution in [3.63, 3.8) is 0 Å². The third-order valence-electron chi connectivity index (χ3n) is 7.93. The Bertz CT molecular complexity index is 1990. The van der Waals surface area contributed by atoms with Gasteiger partial charge < -0.3 is 0 Å². The molecule has 0 saturated carbocycles. The van der Waals surface area contributed by atoms with Crippen LogP contribution in [0, 0.1) is 0 Å². The Hall–Kier alpha value is -4.98. The molecule has 7 aromatic carbocycles. The lowest BCUT2D eigenvalue weighted by Gasteiger charge is -2.24. The van der Waals surface area contributed by atoms with Gasteiger partial charge in [-0.1, -0.05) is 168 Å². The maximum absolute atomic E-state index is 3.67. The van der Waals surface area contributed by atoms with E-state index in [0.717, 1.165) is 4.47 Å². The van der Waals surface area contributed by atoms with Crippen molar-refractivity contribution in [2.24, 2.45) is 0 Å². The Labute approximate surface area is 262 Å². The first kappa shape index (κ1) is 26.9. The van der Waals surface area contributed by atoms with E-state index < -0.39 is 0 Å². The van der Waals surface area contributed by atoms with E-state index >= 15 is 0 Å². The Balaban J connectivity index is 1.63. The highest BCUT2D eigenvalue weighted by Gasteiger charge is 2.23. The van der Waals surface area contributed by atoms with Gasteiger partial charge in [0.05, 0.1) is 0 Å². The van der Waals surface area contributed by atoms with Crippen LogP contribution in [-0.2, 0) is 0 Å². The largest absolute Gasteiger partial charge is 0.0622 e. The highest BCUT2D eigenvalue weighted by molar-refractivity contribution is 9.10. The smallest absolute Gasteiger partial charge is 0.0181 e. The van der Waals surface area contributed by atoms with E-state index in [2.05, 4.69) is 192 Å². The maximum atomic E-state index is 3.67. The number of rotatable bonds is 6. The van der Waals surface area contributed by atoms with Crippen molar-refractivity contribution in [1.82, 2.24) is 0 Å². The second kappa shape index (κ2) is 12.1. The van der Waals surface area contributed by atoms with E-state index in [0.29, 0.717) is 0 Å². The molecule has 0 nitrogen and oxygen atoms in total. The second-order valence-corrected chi connectivity index (χ2v) is 11.6. The van der Waals surface area contributed by atoms with Gasteiger partial charge in [-0.25, -0.2) is 0 Å². The molecule has 0 unspecified atom stereocenters. The minimum Gasteiger partial charge on any atom is -0.0622 e. The Morgan fingerprint density at radius 2 is 0.628 bits per heavy atom. The van der Waals surface area contributed by atoms with Gasteiger partial charge in [-0.3, -0.25) is 0 Å². The molecule has 0 radical (unpaired) electrons. The third-order valence-corrected chi connectivity index (χ3v) is 8.42. The van der Waals surface area contributed by atoms with Crippen LogP contribution in [0.2, 0.25) is 0 Å². The van der Waals surface area contributed by atoms with Gasteiger partial charge >= 0.3 is 0 Å². The van der Waals surface area contributed by atoms with E-state index in [1.165, 1.54) is 66.8 Å². The summed E-state index contributed by atoms with van der Waals surface area (Å²) in [5.74, 6) is 0. The summed E-state index contributed by atoms with van der Waals surface area (Å²) < 4.78 is 1.07. The molecule has 0 aliphatic carbocycles. The van der Waals surface area contributed by atoms with Crippen LogP contribution in [0.25, 0.3) is 66.8 Å². The van der Waals surface area contributed by atoms with Crippen molar-refractivity contribution in [2.75, 3.05) is 0 Å². The predicted octanol–water partition coefficient (Wildman–Crippen LogP) is 12.5. The van der Waals surface area contributed by atoms with Gasteiger partial charge in [0.1, 0.15) is 0 Å². The molecule has 0 amide bonds. The van der Waals surface area contributed by atoms with Crippen LogP contribution in [0.1, 0.15) is 0 Å². The van der Waals surface area contributed by atoms with Gasteiger partial charge in [0.2, 0.25) is 0 Å². The molecule has 0 aliphatic rings. The SMILES string of the molecule is Brc1cccc(-c2cccc(-c3cc(-c4ccccc4)c(-c4ccccc4)c(-c4ccccc4)c3-c3ccccc3)c2)c1. The molecular weight excluding hydrogens is 584 g/mol. The molecule has 204 valence electrons. The predicted molar refractivity (Wildman–Crippen MR) is 187 cm³/mol. The highest BCUT2D eigenvalue weighted by Crippen LogP contribution is 2.50. The summed E-state index contributed by atoms with van der Waals surface area (Å²) in [6, 6.07) is 63.2. The average Bonchev–Trinajstić information content (AvgIpc) is 3.09. The first-order valence-corrected chi connectivity index (χ1v) is 15.3. The van der Waals surface area contributed by atoms with Crippen molar-refractivity contribution in [3.05, 3.63) is 180 Å². The van der Waals surface area contributed by atoms with Gasteiger partial charge in [0.25, 0.3) is 0 Å². The fraction of sp³-hybridized carbons (Fsp3) is 0. The summed E-state index contributed by atoms with van der Waals surface area (Å²) in [7, 11) is 0. The molecule has 7 aromatic rings. The molecule has 0 N–H and O–H groups in total. The molecule has 0 saturated heterocycles. The van der Waals surface area contributed by atoms with Crippen LogP contribution in [0.3, 0.4) is 0 Å². The van der Waals surface area contributed by atoms with E-state index in [1.54, 1.807) is 0 Å². The summed E-state index contributed by atoms with van der Waals surface area (Å²) in [6.45, 7) is 0. The van der Waals surface area contributed by atoms with E-state index in [-0.39, 0.29) is 0 Å². The third kappa shape index (κ3) is 5.48. The molecule has 0 fully saturated rings. The molecule has 0 bridgehead atoms. The summed E-state index contributed by atoms with van der Waals surface area (Å²) in [5, 5.41) is 0. The standard InChI is InChI=1S/C42H29Br/c43-37-26-14-24-35(28-37)34-23-13-25-36(27-34)39-29-38(30-15-5-1-6-16-30)40(31-17-7-2-8-18-31)42(33-21-11-4-12-22-33)41(39)32-19-9-3-10-20-32/h1-29H. The van der Waals surface area contributed by atoms with Gasteiger partial charge in [-0.05, 0) is 91.0 Å². The van der Waals surface area contributed by atoms with Crippen LogP contribution >= 0.6 is 15.9 Å². The lowest BCUT2D eigenvalue weighted by Crippen LogP contribution is -1.98. The Morgan fingerprint density at radius 3 is 1.14 bits per heavy atom. The quantitative estimate of drug-likeness (QED) is 0.175. The molecule has 0 heterocycles. The molecule has 0 atom stereocenters. The van der Waals surface area contributed by atoms with Crippen LogP contribution in [-0.4, -0.2) is 0 Å². The van der Waals surface area contributed by atoms with E-state index in [9.17, 15) is 0 Å². The summed E-state index contributed by atoms with van der Waals surface area (Å²) in [5.41, 5.74) is 14.5. The van der Waals surface area contributed by atoms with Crippen molar-refractivity contribution < 1.29 is 0 Å². The van der Waals surface area contributed by atoms with Crippen LogP contribution in [0.4, 0.5) is 0 Å². The molecule has 0 spiro atoms. The van der Waals surface area contributed by atoms with Crippen LogP contribution < -0.4 is 0 Å². The zero-order valence-corrected chi connectivity index (χ0v) is 25.2. The van der Waals surface area contributed by atoms with Gasteiger partial charge in [-0.15, -0.1) is 0 Å². The minimum atomic E-state index is 1.07. The van der Waals surface area contributed by atoms with Crippen molar-refractivity contribution in [2.45, 2.75) is 0 Å². The molecule has 0 aromatic heterocycles. The first-order chi connectivity index (χ1) is 21.3. The number of halogens is 1. The molecule has 0 aliphatic heterocycles. The molecule has 1 heteroatoms. The fourth-order valence-corrected chi connectivity index (χ4v) is 6.39. The highest BCUT2D eigenvalue weighted by atomic mass is 79.9. The lowest BCUT2D eigenvalue weighted by atomic mass is 9.78. The fourth-order valence-electron chi connectivity index (χ4n) is 5.99. The summed E-state index contributed by atoms with van der Waals surface area (Å²) in [6.07, 6.45) is 0. The van der Waals surface area contributed by atoms with Crippen molar-refractivity contribution in [3.8, 4) is 66.8 Å². The number of benzene rings is 7. The van der Waals surface area contributed by atoms with Gasteiger partial charge in [-0.2, -0.15) is 0 Å². The zero-order valence-electron chi connectivity index (χ0n) is 23.6. The van der Waals surface area contributed by atoms with Gasteiger partial charge in [0, 0.05) is 4.47 Å². The van der Waals surface area contributed by atoms with E-state index in [4.69, 9.17) is 0 Å². The molecule has 7 rings (SSSR count). The van der Waals surface area contributed by atoms with E-state index in [1.807, 2.05) is 0 Å². The summed E-state index contributed by atoms with van der Waals surface area (Å²) >= 11 is 3.67. The first-order valence-electron chi connectivity index (χ1n) is 14.6. The van der Waals surface area contributed by atoms with Crippen LogP contribution in [0.15, 0.2) is 180 Å². The Morgan fingerprint density at radius 1 is 0.256 bits per heavy atom.